The van der Waals surface area contributed by atoms with E-state index >= 15 is 0 Å². The first-order valence-corrected chi connectivity index (χ1v) is 6.70. The Balaban J connectivity index is 3.18. The molecule has 82 valence electrons. The van der Waals surface area contributed by atoms with Crippen LogP contribution in [0.5, 0.6) is 0 Å². The second-order valence-corrected chi connectivity index (χ2v) is 5.05. The third kappa shape index (κ3) is 8.72. The first-order chi connectivity index (χ1) is 6.70. The maximum Gasteiger partial charge on any atom is 0.0868 e. The average Bonchev–Trinajstić information content (AvgIpc) is 2.21. The zero-order valence-electron chi connectivity index (χ0n) is 10.8. The molecule has 0 nitrogen and oxygen atoms in total. The van der Waals surface area contributed by atoms with Crippen molar-refractivity contribution in [3.63, 3.8) is 0 Å². The SMILES string of the molecule is CCCCC(C)CBBCC(C)CC. The lowest BCUT2D eigenvalue weighted by molar-refractivity contribution is 0.549. The van der Waals surface area contributed by atoms with Crippen LogP contribution in [-0.2, 0) is 0 Å². The van der Waals surface area contributed by atoms with Gasteiger partial charge in [0.25, 0.3) is 0 Å². The van der Waals surface area contributed by atoms with E-state index in [-0.39, 0.29) is 0 Å². The fourth-order valence-corrected chi connectivity index (χ4v) is 1.89. The number of unbranched alkanes of at least 4 members (excludes halogenated alkanes) is 1. The van der Waals surface area contributed by atoms with Crippen molar-refractivity contribution in [3.8, 4) is 0 Å². The Morgan fingerprint density at radius 1 is 0.929 bits per heavy atom. The van der Waals surface area contributed by atoms with Gasteiger partial charge in [0, 0.05) is 0 Å². The van der Waals surface area contributed by atoms with Crippen LogP contribution in [0.1, 0.15) is 53.4 Å². The van der Waals surface area contributed by atoms with Crippen molar-refractivity contribution in [3.05, 3.63) is 0 Å². The quantitative estimate of drug-likeness (QED) is 0.389. The van der Waals surface area contributed by atoms with E-state index < -0.39 is 0 Å². The summed E-state index contributed by atoms with van der Waals surface area (Å²) < 4.78 is 0. The van der Waals surface area contributed by atoms with E-state index in [1.54, 1.807) is 0 Å². The molecule has 0 aliphatic rings. The lowest BCUT2D eigenvalue weighted by Crippen LogP contribution is -2.10. The maximum absolute atomic E-state index is 2.42. The lowest BCUT2D eigenvalue weighted by Gasteiger charge is -2.10. The summed E-state index contributed by atoms with van der Waals surface area (Å²) in [5.41, 5.74) is 0. The summed E-state index contributed by atoms with van der Waals surface area (Å²) in [5.74, 6) is 1.91. The Morgan fingerprint density at radius 2 is 1.50 bits per heavy atom. The van der Waals surface area contributed by atoms with Crippen molar-refractivity contribution in [2.75, 3.05) is 0 Å². The molecule has 0 aliphatic carbocycles. The third-order valence-corrected chi connectivity index (χ3v) is 3.39. The Morgan fingerprint density at radius 3 is 2.00 bits per heavy atom. The maximum atomic E-state index is 2.42. The topological polar surface area (TPSA) is 0 Å². The highest BCUT2D eigenvalue weighted by Gasteiger charge is 2.04. The van der Waals surface area contributed by atoms with Gasteiger partial charge < -0.3 is 0 Å². The predicted molar refractivity (Wildman–Crippen MR) is 72.1 cm³/mol. The molecule has 0 aliphatic heterocycles. The van der Waals surface area contributed by atoms with Crippen molar-refractivity contribution in [2.24, 2.45) is 11.8 Å². The Labute approximate surface area is 92.7 Å². The van der Waals surface area contributed by atoms with Crippen LogP contribution in [0, 0.1) is 11.8 Å². The van der Waals surface area contributed by atoms with Gasteiger partial charge >= 0.3 is 0 Å². The van der Waals surface area contributed by atoms with Crippen molar-refractivity contribution in [2.45, 2.75) is 66.0 Å². The summed E-state index contributed by atoms with van der Waals surface area (Å²) in [6.45, 7) is 9.38. The molecule has 0 saturated heterocycles. The van der Waals surface area contributed by atoms with E-state index in [1.807, 2.05) is 0 Å². The summed E-state index contributed by atoms with van der Waals surface area (Å²) in [7, 11) is 2.90. The highest BCUT2D eigenvalue weighted by Crippen LogP contribution is 2.12. The number of hydrogen-bond acceptors (Lipinski definition) is 0. The molecule has 0 amide bonds. The highest BCUT2D eigenvalue weighted by molar-refractivity contribution is 7.00. The van der Waals surface area contributed by atoms with Crippen LogP contribution in [0.15, 0.2) is 0 Å². The number of hydrogen-bond donors (Lipinski definition) is 0. The smallest absolute Gasteiger partial charge is 0.0821 e. The van der Waals surface area contributed by atoms with Gasteiger partial charge in [-0.1, -0.05) is 77.9 Å². The molecule has 0 fully saturated rings. The van der Waals surface area contributed by atoms with Gasteiger partial charge in [-0.3, -0.25) is 0 Å². The van der Waals surface area contributed by atoms with Crippen molar-refractivity contribution in [1.82, 2.24) is 0 Å². The predicted octanol–water partition coefficient (Wildman–Crippen LogP) is 3.48. The van der Waals surface area contributed by atoms with E-state index in [1.165, 1.54) is 52.7 Å². The van der Waals surface area contributed by atoms with Crippen molar-refractivity contribution in [1.29, 1.82) is 0 Å². The van der Waals surface area contributed by atoms with Crippen molar-refractivity contribution < 1.29 is 0 Å². The van der Waals surface area contributed by atoms with Crippen LogP contribution in [0.25, 0.3) is 0 Å². The van der Waals surface area contributed by atoms with Gasteiger partial charge in [0.05, 0.1) is 14.3 Å². The molecular weight excluding hydrogens is 166 g/mol. The fraction of sp³-hybridized carbons (Fsp3) is 1.00. The monoisotopic (exact) mass is 194 g/mol. The van der Waals surface area contributed by atoms with E-state index in [9.17, 15) is 0 Å². The van der Waals surface area contributed by atoms with E-state index in [0.29, 0.717) is 0 Å². The molecule has 0 N–H and O–H groups in total. The molecule has 0 aromatic rings. The summed E-state index contributed by atoms with van der Waals surface area (Å²) in [4.78, 5) is 0. The molecule has 2 heteroatoms. The summed E-state index contributed by atoms with van der Waals surface area (Å²) in [6.07, 6.45) is 8.47. The minimum absolute atomic E-state index is 0.945. The first-order valence-electron chi connectivity index (χ1n) is 6.70. The van der Waals surface area contributed by atoms with Gasteiger partial charge in [-0.15, -0.1) is 0 Å². The minimum Gasteiger partial charge on any atom is -0.0821 e. The molecule has 2 atom stereocenters. The van der Waals surface area contributed by atoms with Crippen LogP contribution in [0.2, 0.25) is 12.6 Å². The van der Waals surface area contributed by atoms with Crippen LogP contribution in [0.4, 0.5) is 0 Å². The normalized spacial score (nSPS) is 14.9. The van der Waals surface area contributed by atoms with E-state index in [4.69, 9.17) is 0 Å². The standard InChI is InChI=1S/C12H28B2/c1-5-7-8-12(4)10-14-13-9-11(3)6-2/h11-14H,5-10H2,1-4H3. The molecule has 0 radical (unpaired) electrons. The van der Waals surface area contributed by atoms with Gasteiger partial charge in [-0.05, 0) is 0 Å². The zero-order chi connectivity index (χ0) is 10.8. The minimum atomic E-state index is 0.945. The largest absolute Gasteiger partial charge is 0.0868 e. The Kier molecular flexibility index (Phi) is 9.77. The average molecular weight is 194 g/mol. The third-order valence-electron chi connectivity index (χ3n) is 3.39. The van der Waals surface area contributed by atoms with E-state index in [0.717, 1.165) is 11.8 Å². The second-order valence-electron chi connectivity index (χ2n) is 5.05. The molecule has 0 spiro atoms. The van der Waals surface area contributed by atoms with Crippen LogP contribution < -0.4 is 0 Å². The van der Waals surface area contributed by atoms with Crippen LogP contribution >= 0.6 is 0 Å². The van der Waals surface area contributed by atoms with Gasteiger partial charge in [0.15, 0.2) is 0 Å². The second kappa shape index (κ2) is 9.68. The van der Waals surface area contributed by atoms with Gasteiger partial charge in [-0.25, -0.2) is 0 Å². The molecule has 0 bridgehead atoms. The highest BCUT2D eigenvalue weighted by atomic mass is 14.0. The van der Waals surface area contributed by atoms with Crippen molar-refractivity contribution >= 4 is 14.3 Å². The molecule has 0 saturated carbocycles. The summed E-state index contributed by atoms with van der Waals surface area (Å²) in [6, 6.07) is 0. The zero-order valence-corrected chi connectivity index (χ0v) is 10.8. The van der Waals surface area contributed by atoms with Gasteiger partial charge in [0.1, 0.15) is 0 Å². The van der Waals surface area contributed by atoms with E-state index in [2.05, 4.69) is 27.7 Å². The fourth-order valence-electron chi connectivity index (χ4n) is 1.89. The first kappa shape index (κ1) is 14.1. The molecule has 0 aromatic heterocycles. The molecule has 0 rings (SSSR count). The van der Waals surface area contributed by atoms with Crippen LogP contribution in [0.3, 0.4) is 0 Å². The van der Waals surface area contributed by atoms with Crippen LogP contribution in [-0.4, -0.2) is 14.3 Å². The van der Waals surface area contributed by atoms with Gasteiger partial charge in [-0.2, -0.15) is 0 Å². The molecule has 0 aromatic carbocycles. The Hall–Kier alpha value is 0.130. The summed E-state index contributed by atoms with van der Waals surface area (Å²) >= 11 is 0. The Bertz CT molecular complexity index is 115. The molecule has 14 heavy (non-hydrogen) atoms. The van der Waals surface area contributed by atoms with Gasteiger partial charge in [0.2, 0.25) is 0 Å². The lowest BCUT2D eigenvalue weighted by atomic mass is 9.34. The molecule has 2 unspecified atom stereocenters. The number of rotatable bonds is 9. The molecule has 0 heterocycles. The summed E-state index contributed by atoms with van der Waals surface area (Å²) in [5, 5.41) is 0. The molecular formula is C12H28B2.